The fourth-order valence-corrected chi connectivity index (χ4v) is 3.90. The van der Waals surface area contributed by atoms with Crippen LogP contribution in [0.25, 0.3) is 0 Å². The summed E-state index contributed by atoms with van der Waals surface area (Å²) in [7, 11) is 0. The zero-order chi connectivity index (χ0) is 16.3. The van der Waals surface area contributed by atoms with E-state index in [2.05, 4.69) is 6.92 Å². The molecule has 124 valence electrons. The highest BCUT2D eigenvalue weighted by Crippen LogP contribution is 2.41. The molecule has 1 aromatic rings. The minimum absolute atomic E-state index is 0.0478. The van der Waals surface area contributed by atoms with Gasteiger partial charge >= 0.3 is 6.03 Å². The van der Waals surface area contributed by atoms with Gasteiger partial charge in [-0.25, -0.2) is 4.79 Å². The second-order valence-electron chi connectivity index (χ2n) is 6.76. The number of urea groups is 1. The molecule has 2 aliphatic rings. The lowest BCUT2D eigenvalue weighted by atomic mass is 9.80. The minimum atomic E-state index is -0.584. The molecule has 1 aliphatic carbocycles. The van der Waals surface area contributed by atoms with Gasteiger partial charge in [-0.05, 0) is 24.8 Å². The first-order chi connectivity index (χ1) is 11.2. The molecule has 3 amide bonds. The summed E-state index contributed by atoms with van der Waals surface area (Å²) in [5.41, 5.74) is 0.509. The Morgan fingerprint density at radius 1 is 1.04 bits per heavy atom. The summed E-state index contributed by atoms with van der Waals surface area (Å²) in [6.45, 7) is 3.18. The van der Waals surface area contributed by atoms with Gasteiger partial charge in [0.15, 0.2) is 0 Å². The maximum absolute atomic E-state index is 13.1. The lowest BCUT2D eigenvalue weighted by molar-refractivity contribution is -0.135. The standard InChI is InChI=1S/C19H26N2O2/c1-2-3-14-20-17(22)19(12-8-5-9-13-19)21(18(20)23)15-16-10-6-4-7-11-16/h4,6-7,10-11H,2-3,5,8-9,12-15H2,1H3. The monoisotopic (exact) mass is 314 g/mol. The number of amides is 3. The van der Waals surface area contributed by atoms with E-state index in [0.29, 0.717) is 13.1 Å². The maximum atomic E-state index is 13.1. The quantitative estimate of drug-likeness (QED) is 0.772. The van der Waals surface area contributed by atoms with E-state index in [4.69, 9.17) is 0 Å². The summed E-state index contributed by atoms with van der Waals surface area (Å²) in [5.74, 6) is 0.0478. The Morgan fingerprint density at radius 2 is 1.74 bits per heavy atom. The number of carbonyl (C=O) groups is 2. The van der Waals surface area contributed by atoms with Crippen molar-refractivity contribution < 1.29 is 9.59 Å². The highest BCUT2D eigenvalue weighted by atomic mass is 16.2. The molecule has 2 fully saturated rings. The van der Waals surface area contributed by atoms with Crippen LogP contribution in [0.15, 0.2) is 30.3 Å². The molecule has 4 heteroatoms. The fourth-order valence-electron chi connectivity index (χ4n) is 3.90. The van der Waals surface area contributed by atoms with Crippen LogP contribution in [0.5, 0.6) is 0 Å². The Balaban J connectivity index is 1.89. The molecular formula is C19H26N2O2. The van der Waals surface area contributed by atoms with Crippen molar-refractivity contribution in [2.24, 2.45) is 0 Å². The zero-order valence-corrected chi connectivity index (χ0v) is 14.0. The molecule has 0 bridgehead atoms. The largest absolute Gasteiger partial charge is 0.327 e. The predicted molar refractivity (Wildman–Crippen MR) is 89.8 cm³/mol. The first-order valence-electron chi connectivity index (χ1n) is 8.86. The molecule has 0 radical (unpaired) electrons. The molecule has 1 saturated heterocycles. The molecule has 23 heavy (non-hydrogen) atoms. The normalized spacial score (nSPS) is 20.6. The first-order valence-corrected chi connectivity index (χ1v) is 8.86. The van der Waals surface area contributed by atoms with Gasteiger partial charge in [0.2, 0.25) is 0 Å². The molecule has 1 aliphatic heterocycles. The van der Waals surface area contributed by atoms with Crippen LogP contribution in [-0.4, -0.2) is 33.8 Å². The third kappa shape index (κ3) is 2.87. The summed E-state index contributed by atoms with van der Waals surface area (Å²) < 4.78 is 0. The molecule has 1 aromatic carbocycles. The molecule has 0 atom stereocenters. The minimum Gasteiger partial charge on any atom is -0.305 e. The molecule has 0 aromatic heterocycles. The Labute approximate surface area is 138 Å². The van der Waals surface area contributed by atoms with Crippen LogP contribution in [0.2, 0.25) is 0 Å². The summed E-state index contributed by atoms with van der Waals surface area (Å²) in [6.07, 6.45) is 6.73. The number of carbonyl (C=O) groups excluding carboxylic acids is 2. The first kappa shape index (κ1) is 16.0. The number of unbranched alkanes of at least 4 members (excludes halogenated alkanes) is 1. The Bertz CT molecular complexity index is 564. The summed E-state index contributed by atoms with van der Waals surface area (Å²) in [6, 6.07) is 9.92. The molecule has 1 spiro atoms. The van der Waals surface area contributed by atoms with E-state index in [1.54, 1.807) is 0 Å². The Hall–Kier alpha value is -1.84. The SMILES string of the molecule is CCCCN1C(=O)N(Cc2ccccc2)C2(CCCCC2)C1=O. The highest BCUT2D eigenvalue weighted by molar-refractivity contribution is 6.07. The van der Waals surface area contributed by atoms with Crippen LogP contribution in [0.1, 0.15) is 57.4 Å². The van der Waals surface area contributed by atoms with E-state index in [9.17, 15) is 9.59 Å². The lowest BCUT2D eigenvalue weighted by Crippen LogP contribution is -2.50. The number of hydrogen-bond acceptors (Lipinski definition) is 2. The van der Waals surface area contributed by atoms with E-state index in [-0.39, 0.29) is 11.9 Å². The van der Waals surface area contributed by atoms with Crippen LogP contribution in [-0.2, 0) is 11.3 Å². The maximum Gasteiger partial charge on any atom is 0.327 e. The molecule has 4 nitrogen and oxygen atoms in total. The van der Waals surface area contributed by atoms with Crippen molar-refractivity contribution in [3.63, 3.8) is 0 Å². The van der Waals surface area contributed by atoms with E-state index in [1.165, 1.54) is 4.90 Å². The van der Waals surface area contributed by atoms with Crippen LogP contribution >= 0.6 is 0 Å². The van der Waals surface area contributed by atoms with Gasteiger partial charge in [0.25, 0.3) is 5.91 Å². The van der Waals surface area contributed by atoms with Gasteiger partial charge in [-0.15, -0.1) is 0 Å². The van der Waals surface area contributed by atoms with Crippen molar-refractivity contribution in [3.8, 4) is 0 Å². The third-order valence-corrected chi connectivity index (χ3v) is 5.22. The number of rotatable bonds is 5. The molecule has 1 heterocycles. The number of hydrogen-bond donors (Lipinski definition) is 0. The van der Waals surface area contributed by atoms with Crippen molar-refractivity contribution in [1.82, 2.24) is 9.80 Å². The molecule has 0 unspecified atom stereocenters. The van der Waals surface area contributed by atoms with Gasteiger partial charge in [0, 0.05) is 13.1 Å². The van der Waals surface area contributed by atoms with Gasteiger partial charge in [0.1, 0.15) is 5.54 Å². The highest BCUT2D eigenvalue weighted by Gasteiger charge is 2.56. The molecule has 1 saturated carbocycles. The van der Waals surface area contributed by atoms with E-state index in [1.807, 2.05) is 35.2 Å². The predicted octanol–water partition coefficient (Wildman–Crippen LogP) is 3.95. The van der Waals surface area contributed by atoms with E-state index in [0.717, 1.165) is 50.5 Å². The van der Waals surface area contributed by atoms with Gasteiger partial charge in [-0.3, -0.25) is 9.69 Å². The summed E-state index contributed by atoms with van der Waals surface area (Å²) in [5, 5.41) is 0. The van der Waals surface area contributed by atoms with Crippen molar-refractivity contribution in [2.75, 3.05) is 6.54 Å². The number of nitrogens with zero attached hydrogens (tertiary/aromatic N) is 2. The second-order valence-corrected chi connectivity index (χ2v) is 6.76. The fraction of sp³-hybridized carbons (Fsp3) is 0.579. The average molecular weight is 314 g/mol. The van der Waals surface area contributed by atoms with Crippen molar-refractivity contribution in [1.29, 1.82) is 0 Å². The topological polar surface area (TPSA) is 40.6 Å². The van der Waals surface area contributed by atoms with Gasteiger partial charge in [-0.1, -0.05) is 62.9 Å². The average Bonchev–Trinajstić information content (AvgIpc) is 2.77. The number of imide groups is 1. The van der Waals surface area contributed by atoms with Crippen LogP contribution in [0.3, 0.4) is 0 Å². The van der Waals surface area contributed by atoms with Crippen LogP contribution in [0.4, 0.5) is 4.79 Å². The lowest BCUT2D eigenvalue weighted by Gasteiger charge is -2.38. The van der Waals surface area contributed by atoms with Crippen LogP contribution in [0, 0.1) is 0 Å². The van der Waals surface area contributed by atoms with Crippen molar-refractivity contribution >= 4 is 11.9 Å². The van der Waals surface area contributed by atoms with Crippen molar-refractivity contribution in [2.45, 2.75) is 64.0 Å². The Kier molecular flexibility index (Phi) is 4.69. The van der Waals surface area contributed by atoms with Gasteiger partial charge in [-0.2, -0.15) is 0 Å². The van der Waals surface area contributed by atoms with Gasteiger partial charge in [0.05, 0.1) is 0 Å². The summed E-state index contributed by atoms with van der Waals surface area (Å²) in [4.78, 5) is 29.4. The zero-order valence-electron chi connectivity index (χ0n) is 14.0. The third-order valence-electron chi connectivity index (χ3n) is 5.22. The van der Waals surface area contributed by atoms with E-state index >= 15 is 0 Å². The molecule has 0 N–H and O–H groups in total. The summed E-state index contributed by atoms with van der Waals surface area (Å²) >= 11 is 0. The smallest absolute Gasteiger partial charge is 0.305 e. The second kappa shape index (κ2) is 6.73. The molecular weight excluding hydrogens is 288 g/mol. The molecule has 3 rings (SSSR count). The van der Waals surface area contributed by atoms with Crippen LogP contribution < -0.4 is 0 Å². The van der Waals surface area contributed by atoms with E-state index < -0.39 is 5.54 Å². The number of benzene rings is 1. The van der Waals surface area contributed by atoms with Gasteiger partial charge < -0.3 is 4.90 Å². The Morgan fingerprint density at radius 3 is 2.39 bits per heavy atom. The van der Waals surface area contributed by atoms with Crippen molar-refractivity contribution in [3.05, 3.63) is 35.9 Å².